The minimum absolute atomic E-state index is 0.0140. The Morgan fingerprint density at radius 2 is 2.00 bits per heavy atom. The summed E-state index contributed by atoms with van der Waals surface area (Å²) in [6.07, 6.45) is 0.602. The Morgan fingerprint density at radius 3 is 2.36 bits per heavy atom. The van der Waals surface area contributed by atoms with Crippen LogP contribution < -0.4 is 4.72 Å². The normalized spacial score (nSPS) is 12.4. The first-order chi connectivity index (χ1) is 4.98. The smallest absolute Gasteiger partial charge is 0.211 e. The average Bonchev–Trinajstić information content (AvgIpc) is 1.81. The van der Waals surface area contributed by atoms with Gasteiger partial charge in [-0.15, -0.1) is 0 Å². The van der Waals surface area contributed by atoms with Gasteiger partial charge in [0, 0.05) is 6.04 Å². The molecule has 0 saturated heterocycles. The third-order valence-electron chi connectivity index (χ3n) is 0.986. The predicted octanol–water partition coefficient (Wildman–Crippen LogP) is 0.634. The van der Waals surface area contributed by atoms with Crippen LogP contribution in [0.3, 0.4) is 0 Å². The fourth-order valence-corrected chi connectivity index (χ4v) is 2.41. The number of nitrogens with one attached hydrogen (secondary N) is 1. The zero-order valence-electron chi connectivity index (χ0n) is 6.87. The lowest BCUT2D eigenvalue weighted by Crippen LogP contribution is -2.32. The largest absolute Gasteiger partial charge is 0.213 e. The monoisotopic (exact) mass is 197 g/mol. The fourth-order valence-electron chi connectivity index (χ4n) is 0.673. The third kappa shape index (κ3) is 6.65. The zero-order chi connectivity index (χ0) is 8.91. The number of sulfonamides is 1. The molecule has 0 aromatic carbocycles. The molecule has 0 rings (SSSR count). The van der Waals surface area contributed by atoms with Gasteiger partial charge in [0.25, 0.3) is 0 Å². The highest BCUT2D eigenvalue weighted by Gasteiger charge is 2.09. The van der Waals surface area contributed by atoms with Crippen molar-refractivity contribution in [1.82, 2.24) is 4.72 Å². The summed E-state index contributed by atoms with van der Waals surface area (Å²) >= 11 is 3.93. The predicted molar refractivity (Wildman–Crippen MR) is 50.5 cm³/mol. The molecule has 0 saturated carbocycles. The van der Waals surface area contributed by atoms with Crippen LogP contribution in [-0.2, 0) is 10.0 Å². The SMILES string of the molecule is CC(C)NS(=O)(=O)CCCS. The van der Waals surface area contributed by atoms with Crippen molar-refractivity contribution in [2.45, 2.75) is 26.3 Å². The first kappa shape index (κ1) is 11.3. The van der Waals surface area contributed by atoms with Crippen molar-refractivity contribution in [2.75, 3.05) is 11.5 Å². The van der Waals surface area contributed by atoms with Gasteiger partial charge >= 0.3 is 0 Å². The molecule has 0 aromatic heterocycles. The third-order valence-corrected chi connectivity index (χ3v) is 2.96. The minimum Gasteiger partial charge on any atom is -0.213 e. The molecule has 0 heterocycles. The Kier molecular flexibility index (Phi) is 5.12. The molecular weight excluding hydrogens is 182 g/mol. The van der Waals surface area contributed by atoms with E-state index in [1.807, 2.05) is 0 Å². The Labute approximate surface area is 74.0 Å². The molecule has 0 aromatic rings. The van der Waals surface area contributed by atoms with E-state index in [2.05, 4.69) is 17.4 Å². The van der Waals surface area contributed by atoms with Gasteiger partial charge < -0.3 is 0 Å². The van der Waals surface area contributed by atoms with Crippen LogP contribution in [-0.4, -0.2) is 26.0 Å². The molecule has 5 heteroatoms. The van der Waals surface area contributed by atoms with Crippen molar-refractivity contribution in [3.05, 3.63) is 0 Å². The van der Waals surface area contributed by atoms with Crippen LogP contribution in [0.2, 0.25) is 0 Å². The second-order valence-corrected chi connectivity index (χ2v) is 4.99. The quantitative estimate of drug-likeness (QED) is 0.635. The Bertz CT molecular complexity index is 187. The highest BCUT2D eigenvalue weighted by atomic mass is 32.2. The van der Waals surface area contributed by atoms with Gasteiger partial charge in [0.2, 0.25) is 10.0 Å². The molecule has 0 aliphatic carbocycles. The van der Waals surface area contributed by atoms with Crippen molar-refractivity contribution in [1.29, 1.82) is 0 Å². The molecule has 3 nitrogen and oxygen atoms in total. The summed E-state index contributed by atoms with van der Waals surface area (Å²) in [5.41, 5.74) is 0. The Balaban J connectivity index is 3.82. The second-order valence-electron chi connectivity index (χ2n) is 2.67. The van der Waals surface area contributed by atoms with Crippen LogP contribution in [0.5, 0.6) is 0 Å². The van der Waals surface area contributed by atoms with E-state index in [1.165, 1.54) is 0 Å². The lowest BCUT2D eigenvalue weighted by atomic mass is 10.4. The van der Waals surface area contributed by atoms with Crippen molar-refractivity contribution in [3.8, 4) is 0 Å². The van der Waals surface area contributed by atoms with E-state index in [-0.39, 0.29) is 11.8 Å². The molecule has 0 atom stereocenters. The molecule has 0 radical (unpaired) electrons. The number of thiol groups is 1. The molecule has 0 amide bonds. The minimum atomic E-state index is -3.04. The molecule has 1 N–H and O–H groups in total. The first-order valence-corrected chi connectivity index (χ1v) is 5.87. The van der Waals surface area contributed by atoms with Crippen molar-refractivity contribution < 1.29 is 8.42 Å². The highest BCUT2D eigenvalue weighted by molar-refractivity contribution is 7.89. The fraction of sp³-hybridized carbons (Fsp3) is 1.00. The summed E-state index contributed by atoms with van der Waals surface area (Å²) in [6, 6.07) is -0.0140. The molecular formula is C6H15NO2S2. The van der Waals surface area contributed by atoms with Gasteiger partial charge in [-0.1, -0.05) is 0 Å². The summed E-state index contributed by atoms with van der Waals surface area (Å²) in [7, 11) is -3.04. The van der Waals surface area contributed by atoms with Gasteiger partial charge in [-0.3, -0.25) is 0 Å². The molecule has 0 aliphatic heterocycles. The maximum absolute atomic E-state index is 11.1. The van der Waals surface area contributed by atoms with Gasteiger partial charge in [-0.05, 0) is 26.0 Å². The van der Waals surface area contributed by atoms with E-state index in [1.54, 1.807) is 13.8 Å². The van der Waals surface area contributed by atoms with Crippen LogP contribution in [0.1, 0.15) is 20.3 Å². The first-order valence-electron chi connectivity index (χ1n) is 3.59. The summed E-state index contributed by atoms with van der Waals surface area (Å²) in [4.78, 5) is 0. The maximum Gasteiger partial charge on any atom is 0.211 e. The van der Waals surface area contributed by atoms with E-state index in [0.717, 1.165) is 0 Å². The van der Waals surface area contributed by atoms with E-state index in [4.69, 9.17) is 0 Å². The lowest BCUT2D eigenvalue weighted by Gasteiger charge is -2.07. The van der Waals surface area contributed by atoms with E-state index in [9.17, 15) is 8.42 Å². The Hall–Kier alpha value is 0.260. The molecule has 0 unspecified atom stereocenters. The van der Waals surface area contributed by atoms with Gasteiger partial charge in [-0.25, -0.2) is 13.1 Å². The van der Waals surface area contributed by atoms with Crippen LogP contribution in [0.25, 0.3) is 0 Å². The average molecular weight is 197 g/mol. The van der Waals surface area contributed by atoms with Crippen molar-refractivity contribution in [3.63, 3.8) is 0 Å². The van der Waals surface area contributed by atoms with Crippen LogP contribution in [0.15, 0.2) is 0 Å². The molecule has 0 fully saturated rings. The number of hydrogen-bond donors (Lipinski definition) is 2. The van der Waals surface area contributed by atoms with Crippen molar-refractivity contribution >= 4 is 22.7 Å². The number of rotatable bonds is 5. The summed E-state index contributed by atoms with van der Waals surface area (Å²) in [5.74, 6) is 0.785. The topological polar surface area (TPSA) is 46.2 Å². The molecule has 11 heavy (non-hydrogen) atoms. The van der Waals surface area contributed by atoms with Gasteiger partial charge in [0.1, 0.15) is 0 Å². The van der Waals surface area contributed by atoms with Crippen LogP contribution in [0, 0.1) is 0 Å². The van der Waals surface area contributed by atoms with Crippen molar-refractivity contribution in [2.24, 2.45) is 0 Å². The summed E-state index contributed by atoms with van der Waals surface area (Å²) < 4.78 is 24.6. The summed E-state index contributed by atoms with van der Waals surface area (Å²) in [6.45, 7) is 3.61. The summed E-state index contributed by atoms with van der Waals surface area (Å²) in [5, 5.41) is 0. The molecule has 0 aliphatic rings. The molecule has 68 valence electrons. The highest BCUT2D eigenvalue weighted by Crippen LogP contribution is 1.93. The Morgan fingerprint density at radius 1 is 1.45 bits per heavy atom. The maximum atomic E-state index is 11.1. The van der Waals surface area contributed by atoms with E-state index >= 15 is 0 Å². The van der Waals surface area contributed by atoms with E-state index in [0.29, 0.717) is 12.2 Å². The lowest BCUT2D eigenvalue weighted by molar-refractivity contribution is 0.569. The van der Waals surface area contributed by atoms with Crippen LogP contribution in [0.4, 0.5) is 0 Å². The molecule has 0 bridgehead atoms. The standard InChI is InChI=1S/C6H15NO2S2/c1-6(2)7-11(8,9)5-3-4-10/h6-7,10H,3-5H2,1-2H3. The second kappa shape index (κ2) is 5.00. The zero-order valence-corrected chi connectivity index (χ0v) is 8.58. The molecule has 0 spiro atoms. The van der Waals surface area contributed by atoms with Gasteiger partial charge in [0.05, 0.1) is 5.75 Å². The van der Waals surface area contributed by atoms with Gasteiger partial charge in [0.15, 0.2) is 0 Å². The number of hydrogen-bond acceptors (Lipinski definition) is 3. The van der Waals surface area contributed by atoms with E-state index < -0.39 is 10.0 Å². The van der Waals surface area contributed by atoms with Gasteiger partial charge in [-0.2, -0.15) is 12.6 Å². The van der Waals surface area contributed by atoms with Crippen LogP contribution >= 0.6 is 12.6 Å².